The van der Waals surface area contributed by atoms with Crippen molar-refractivity contribution in [2.75, 3.05) is 227 Å². The van der Waals surface area contributed by atoms with Crippen LogP contribution in [0.4, 0.5) is 0 Å². The van der Waals surface area contributed by atoms with Crippen LogP contribution in [-0.2, 0) is 114 Å². The van der Waals surface area contributed by atoms with E-state index in [0.29, 0.717) is 34.5 Å². The molecule has 0 amide bonds. The van der Waals surface area contributed by atoms with Crippen LogP contribution in [0, 0.1) is 35.5 Å². The average molecular weight is 1880 g/mol. The molecule has 0 aromatic rings. The number of ether oxygens (including phenoxy) is 12. The fourth-order valence-corrected chi connectivity index (χ4v) is 17.8. The molecule has 6 unspecified atom stereocenters. The van der Waals surface area contributed by atoms with Gasteiger partial charge in [0, 0.05) is 113 Å². The summed E-state index contributed by atoms with van der Waals surface area (Å²) in [4.78, 5) is 166. The minimum absolute atomic E-state index is 0.102. The number of esters is 12. The Morgan fingerprint density at radius 2 is 0.323 bits per heavy atom. The van der Waals surface area contributed by atoms with Gasteiger partial charge in [-0.2, -0.15) is 70.6 Å². The molecule has 28 nitrogen and oxygen atoms in total. The number of hydrogen-bond acceptors (Lipinski definition) is 34. The van der Waals surface area contributed by atoms with Crippen molar-refractivity contribution in [3.63, 3.8) is 0 Å². The van der Waals surface area contributed by atoms with Crippen LogP contribution in [0.25, 0.3) is 0 Å². The third kappa shape index (κ3) is 72.4. The van der Waals surface area contributed by atoms with Crippen molar-refractivity contribution >= 4 is 142 Å². The highest BCUT2D eigenvalue weighted by Crippen LogP contribution is 2.20. The van der Waals surface area contributed by atoms with Crippen LogP contribution < -0.4 is 0 Å². The Kier molecular flexibility index (Phi) is 81.1. The number of unbranched alkanes of at least 4 members (excludes halogenated alkanes) is 12. The molecular formula is C90H162N4O24S6. The second-order valence-electron chi connectivity index (χ2n) is 31.3. The molecule has 0 rings (SSSR count). The number of rotatable bonds is 87. The monoisotopic (exact) mass is 1870 g/mol. The molecule has 0 aliphatic heterocycles. The highest BCUT2D eigenvalue weighted by Gasteiger charge is 2.25. The molecule has 0 fully saturated rings. The molecule has 0 aromatic heterocycles. The largest absolute Gasteiger partial charge is 0.462 e. The van der Waals surface area contributed by atoms with Gasteiger partial charge >= 0.3 is 71.6 Å². The fourth-order valence-electron chi connectivity index (χ4n) is 11.5. The summed E-state index contributed by atoms with van der Waals surface area (Å²) in [5.74, 6) is 1.37. The van der Waals surface area contributed by atoms with Gasteiger partial charge in [-0.25, -0.2) is 0 Å². The van der Waals surface area contributed by atoms with Gasteiger partial charge in [0.05, 0.1) is 74.0 Å². The first-order valence-electron chi connectivity index (χ1n) is 46.1. The van der Waals surface area contributed by atoms with Crippen molar-refractivity contribution in [3.8, 4) is 0 Å². The van der Waals surface area contributed by atoms with E-state index in [4.69, 9.17) is 56.8 Å². The molecule has 0 aliphatic carbocycles. The van der Waals surface area contributed by atoms with E-state index < -0.39 is 35.8 Å². The van der Waals surface area contributed by atoms with Crippen molar-refractivity contribution in [1.29, 1.82) is 0 Å². The SMILES string of the molecule is CCCCCSCC(C)C(=O)OCCOC(=O)CCN(CCC(=O)OCCOC(=O)C(C)CSCCCCC)CCN(CCN(CCC(=O)OCCOC(=O)C(C)CSCCCCC)CCC(=O)OCCOC(=O)C(C)CSCCCCC)CCN(CCC(=O)OCCOC(=O)C(C)CSCCCCC)CCC(=O)OCCOC(=O)C(C)CSCCCCC. The Morgan fingerprint density at radius 1 is 0.194 bits per heavy atom. The number of thioether (sulfide) groups is 6. The Morgan fingerprint density at radius 3 is 0.460 bits per heavy atom. The summed E-state index contributed by atoms with van der Waals surface area (Å²) in [5, 5.41) is 0. The lowest BCUT2D eigenvalue weighted by Gasteiger charge is -2.32. The van der Waals surface area contributed by atoms with Crippen LogP contribution in [-0.4, -0.2) is 318 Å². The molecule has 0 spiro atoms. The van der Waals surface area contributed by atoms with E-state index in [9.17, 15) is 57.5 Å². The molecular weight excluding hydrogens is 1710 g/mol. The smallest absolute Gasteiger partial charge is 0.309 e. The Hall–Kier alpha value is -4.42. The minimum atomic E-state index is -0.580. The summed E-state index contributed by atoms with van der Waals surface area (Å²) in [7, 11) is 0. The van der Waals surface area contributed by atoms with Gasteiger partial charge in [-0.1, -0.05) is 160 Å². The molecule has 0 aliphatic rings. The van der Waals surface area contributed by atoms with Crippen molar-refractivity contribution in [3.05, 3.63) is 0 Å². The van der Waals surface area contributed by atoms with Crippen LogP contribution in [0.3, 0.4) is 0 Å². The second-order valence-corrected chi connectivity index (χ2v) is 38.2. The Bertz CT molecular complexity index is 2340. The molecule has 0 saturated heterocycles. The first kappa shape index (κ1) is 120. The van der Waals surface area contributed by atoms with Crippen molar-refractivity contribution in [2.24, 2.45) is 35.5 Å². The average Bonchev–Trinajstić information content (AvgIpc) is 0.911. The van der Waals surface area contributed by atoms with Crippen LogP contribution >= 0.6 is 70.6 Å². The zero-order chi connectivity index (χ0) is 91.9. The van der Waals surface area contributed by atoms with Crippen LogP contribution in [0.15, 0.2) is 0 Å². The van der Waals surface area contributed by atoms with Gasteiger partial charge in [-0.3, -0.25) is 62.4 Å². The second kappa shape index (κ2) is 84.1. The lowest BCUT2D eigenvalue weighted by atomic mass is 10.2. The zero-order valence-corrected chi connectivity index (χ0v) is 82.8. The summed E-state index contributed by atoms with van der Waals surface area (Å²) in [6.45, 7) is 23.9. The number of carbonyl (C=O) groups is 12. The highest BCUT2D eigenvalue weighted by atomic mass is 32.2. The molecule has 0 aromatic carbocycles. The standard InChI is InChI=1S/C90H162N4O24S6/c1-13-19-25-61-119-67-73(7)85(101)113-55-49-107-79(95)31-37-91(38-32-80(96)108-50-56-114-86(102)74(8)68-120-62-26-20-14-2)43-46-94(47-44-92(39-33-81(97)109-51-57-115-87(103)75(9)69-121-63-27-21-15-3)40-34-82(98)110-52-58-116-88(104)76(10)70-122-64-28-22-16-4)48-45-93(41-35-83(99)111-53-59-117-89(105)77(11)71-123-65-29-23-17-5)42-36-84(100)112-54-60-118-90(106)78(12)72-124-66-30-24-18-6/h73-78H,13-72H2,1-12H3. The van der Waals surface area contributed by atoms with Crippen LogP contribution in [0.2, 0.25) is 0 Å². The molecule has 124 heavy (non-hydrogen) atoms. The van der Waals surface area contributed by atoms with Gasteiger partial charge in [-0.15, -0.1) is 0 Å². The molecule has 722 valence electrons. The predicted molar refractivity (Wildman–Crippen MR) is 501 cm³/mol. The van der Waals surface area contributed by atoms with E-state index in [0.717, 1.165) is 150 Å². The number of nitrogens with zero attached hydrogens (tertiary/aromatic N) is 4. The lowest BCUT2D eigenvalue weighted by molar-refractivity contribution is -0.154. The molecule has 0 N–H and O–H groups in total. The van der Waals surface area contributed by atoms with Gasteiger partial charge in [-0.05, 0) is 73.0 Å². The Labute approximate surface area is 770 Å². The van der Waals surface area contributed by atoms with E-state index in [1.165, 1.54) is 0 Å². The molecule has 0 saturated carbocycles. The maximum Gasteiger partial charge on any atom is 0.309 e. The van der Waals surface area contributed by atoms with Crippen LogP contribution in [0.1, 0.15) is 237 Å². The summed E-state index contributed by atoms with van der Waals surface area (Å²) in [6, 6.07) is 0. The van der Waals surface area contributed by atoms with Gasteiger partial charge in [0.1, 0.15) is 79.3 Å². The quantitative estimate of drug-likeness (QED) is 0.0310. The third-order valence-electron chi connectivity index (χ3n) is 19.5. The van der Waals surface area contributed by atoms with E-state index in [2.05, 4.69) is 46.4 Å². The summed E-state index contributed by atoms with van der Waals surface area (Å²) < 4.78 is 66.3. The number of carbonyl (C=O) groups excluding carboxylic acids is 12. The summed E-state index contributed by atoms with van der Waals surface area (Å²) in [5.41, 5.74) is 0. The normalized spacial score (nSPS) is 12.9. The maximum atomic E-state index is 13.6. The topological polar surface area (TPSA) is 329 Å². The first-order valence-corrected chi connectivity index (χ1v) is 53.1. The first-order chi connectivity index (χ1) is 59.8. The fraction of sp³-hybridized carbons (Fsp3) is 0.867. The van der Waals surface area contributed by atoms with E-state index in [1.807, 2.05) is 14.7 Å². The molecule has 0 radical (unpaired) electrons. The van der Waals surface area contributed by atoms with E-state index in [1.54, 1.807) is 112 Å². The predicted octanol–water partition coefficient (Wildman–Crippen LogP) is 14.4. The maximum absolute atomic E-state index is 13.6. The summed E-state index contributed by atoms with van der Waals surface area (Å²) >= 11 is 10.2. The zero-order valence-electron chi connectivity index (χ0n) is 77.9. The third-order valence-corrected chi connectivity index (χ3v) is 27.4. The van der Waals surface area contributed by atoms with Gasteiger partial charge in [0.15, 0.2) is 0 Å². The molecule has 0 heterocycles. The van der Waals surface area contributed by atoms with Crippen molar-refractivity contribution in [2.45, 2.75) is 237 Å². The van der Waals surface area contributed by atoms with Crippen molar-refractivity contribution < 1.29 is 114 Å². The minimum Gasteiger partial charge on any atom is -0.462 e. The van der Waals surface area contributed by atoms with Gasteiger partial charge in [0.2, 0.25) is 0 Å². The Balaban J connectivity index is 7.46. The van der Waals surface area contributed by atoms with Crippen molar-refractivity contribution in [1.82, 2.24) is 19.6 Å². The van der Waals surface area contributed by atoms with E-state index >= 15 is 0 Å². The number of hydrogen-bond donors (Lipinski definition) is 0. The molecule has 6 atom stereocenters. The molecule has 34 heteroatoms. The van der Waals surface area contributed by atoms with E-state index in [-0.39, 0.29) is 268 Å². The summed E-state index contributed by atoms with van der Waals surface area (Å²) in [6.07, 6.45) is 18.9. The van der Waals surface area contributed by atoms with Crippen LogP contribution in [0.5, 0.6) is 0 Å². The van der Waals surface area contributed by atoms with Gasteiger partial charge in [0.25, 0.3) is 0 Å². The molecule has 0 bridgehead atoms. The lowest BCUT2D eigenvalue weighted by Crippen LogP contribution is -2.45. The highest BCUT2D eigenvalue weighted by molar-refractivity contribution is 8.00. The van der Waals surface area contributed by atoms with Gasteiger partial charge < -0.3 is 71.5 Å².